The molecular formula is C18H15BrN6O2. The summed E-state index contributed by atoms with van der Waals surface area (Å²) in [5.41, 5.74) is 15.6. The van der Waals surface area contributed by atoms with Gasteiger partial charge in [0, 0.05) is 16.2 Å². The number of primary amides is 1. The average molecular weight is 427 g/mol. The van der Waals surface area contributed by atoms with Gasteiger partial charge < -0.3 is 16.6 Å². The minimum absolute atomic E-state index is 0.0752. The van der Waals surface area contributed by atoms with Gasteiger partial charge >= 0.3 is 0 Å². The number of phenols is 1. The molecule has 0 aliphatic rings. The highest BCUT2D eigenvalue weighted by molar-refractivity contribution is 9.10. The van der Waals surface area contributed by atoms with E-state index in [-0.39, 0.29) is 22.6 Å². The van der Waals surface area contributed by atoms with Crippen molar-refractivity contribution in [3.8, 4) is 11.4 Å². The van der Waals surface area contributed by atoms with Gasteiger partial charge in [-0.2, -0.15) is 0 Å². The fourth-order valence-corrected chi connectivity index (χ4v) is 3.54. The molecule has 3 heterocycles. The summed E-state index contributed by atoms with van der Waals surface area (Å²) in [7, 11) is 0. The second-order valence-corrected chi connectivity index (χ2v) is 7.14. The molecule has 136 valence electrons. The molecule has 0 saturated heterocycles. The van der Waals surface area contributed by atoms with Crippen molar-refractivity contribution in [2.75, 3.05) is 5.73 Å². The van der Waals surface area contributed by atoms with Gasteiger partial charge in [-0.3, -0.25) is 9.36 Å². The molecule has 8 nitrogen and oxygen atoms in total. The van der Waals surface area contributed by atoms with Crippen LogP contribution < -0.4 is 11.5 Å². The first-order chi connectivity index (χ1) is 12.8. The van der Waals surface area contributed by atoms with E-state index in [2.05, 4.69) is 30.9 Å². The number of rotatable bonds is 2. The molecule has 4 aromatic rings. The number of pyridine rings is 1. The van der Waals surface area contributed by atoms with E-state index in [1.54, 1.807) is 35.9 Å². The first kappa shape index (κ1) is 17.2. The van der Waals surface area contributed by atoms with Crippen molar-refractivity contribution in [1.29, 1.82) is 0 Å². The van der Waals surface area contributed by atoms with E-state index in [4.69, 9.17) is 11.5 Å². The average Bonchev–Trinajstić information content (AvgIpc) is 2.88. The molecular weight excluding hydrogens is 412 g/mol. The number of nitrogens with zero attached hydrogens (tertiary/aromatic N) is 4. The maximum absolute atomic E-state index is 12.1. The van der Waals surface area contributed by atoms with Crippen molar-refractivity contribution >= 4 is 50.0 Å². The Hall–Kier alpha value is -3.20. The van der Waals surface area contributed by atoms with Crippen molar-refractivity contribution in [1.82, 2.24) is 19.5 Å². The topological polar surface area (TPSA) is 133 Å². The molecule has 3 aromatic heterocycles. The summed E-state index contributed by atoms with van der Waals surface area (Å²) in [4.78, 5) is 25.4. The van der Waals surface area contributed by atoms with Gasteiger partial charge in [-0.25, -0.2) is 15.0 Å². The predicted molar refractivity (Wildman–Crippen MR) is 106 cm³/mol. The Morgan fingerprint density at radius 3 is 2.70 bits per heavy atom. The summed E-state index contributed by atoms with van der Waals surface area (Å²) in [5, 5.41) is 10.2. The number of nitrogen functional groups attached to an aromatic ring is 1. The lowest BCUT2D eigenvalue weighted by Gasteiger charge is -2.15. The van der Waals surface area contributed by atoms with Crippen molar-refractivity contribution in [3.05, 3.63) is 45.6 Å². The Morgan fingerprint density at radius 2 is 2.00 bits per heavy atom. The number of aryl methyl sites for hydroxylation is 1. The number of fused-ring (bicyclic) bond motifs is 2. The number of benzene rings is 1. The molecule has 1 aromatic carbocycles. The summed E-state index contributed by atoms with van der Waals surface area (Å²) in [6, 6.07) is 5.14. The van der Waals surface area contributed by atoms with Crippen molar-refractivity contribution in [2.24, 2.45) is 5.73 Å². The second-order valence-electron chi connectivity index (χ2n) is 6.23. The maximum atomic E-state index is 12.1. The third-order valence-corrected chi connectivity index (χ3v) is 4.92. The molecule has 4 rings (SSSR count). The van der Waals surface area contributed by atoms with E-state index in [1.165, 1.54) is 0 Å². The van der Waals surface area contributed by atoms with Crippen LogP contribution in [-0.2, 0) is 0 Å². The molecule has 0 spiro atoms. The largest absolute Gasteiger partial charge is 0.508 e. The van der Waals surface area contributed by atoms with Gasteiger partial charge in [0.15, 0.2) is 11.3 Å². The third kappa shape index (κ3) is 2.50. The van der Waals surface area contributed by atoms with Gasteiger partial charge in [0.2, 0.25) is 0 Å². The van der Waals surface area contributed by atoms with E-state index in [9.17, 15) is 9.90 Å². The summed E-state index contributed by atoms with van der Waals surface area (Å²) in [6.07, 6.45) is 1.59. The lowest BCUT2D eigenvalue weighted by atomic mass is 10.1. The fraction of sp³-hybridized carbons (Fsp3) is 0.111. The van der Waals surface area contributed by atoms with Crippen LogP contribution in [0.2, 0.25) is 0 Å². The minimum Gasteiger partial charge on any atom is -0.508 e. The van der Waals surface area contributed by atoms with Crippen LogP contribution >= 0.6 is 15.9 Å². The molecule has 27 heavy (non-hydrogen) atoms. The highest BCUT2D eigenvalue weighted by Crippen LogP contribution is 2.35. The van der Waals surface area contributed by atoms with Gasteiger partial charge in [0.25, 0.3) is 5.91 Å². The Labute approximate surface area is 162 Å². The van der Waals surface area contributed by atoms with E-state index >= 15 is 0 Å². The fourth-order valence-electron chi connectivity index (χ4n) is 3.22. The standard InChI is InChI=1S/C18H15BrN6O2/c1-7-3-4-11(26)8(2)14(7)25-15(20)12(16(21)27)13-18(25)23-10-5-9(19)6-22-17(10)24-13/h3-6,26H,20H2,1-2H3,(H2,21,27). The van der Waals surface area contributed by atoms with Crippen LogP contribution in [0.5, 0.6) is 5.75 Å². The first-order valence-corrected chi connectivity index (χ1v) is 8.81. The van der Waals surface area contributed by atoms with Gasteiger partial charge in [0.05, 0.1) is 5.69 Å². The van der Waals surface area contributed by atoms with E-state index in [0.717, 1.165) is 10.0 Å². The van der Waals surface area contributed by atoms with Crippen molar-refractivity contribution < 1.29 is 9.90 Å². The number of carbonyl (C=O) groups excluding carboxylic acids is 1. The number of hydrogen-bond donors (Lipinski definition) is 3. The van der Waals surface area contributed by atoms with E-state index in [0.29, 0.717) is 28.1 Å². The van der Waals surface area contributed by atoms with Crippen LogP contribution in [0.4, 0.5) is 5.82 Å². The summed E-state index contributed by atoms with van der Waals surface area (Å²) in [6.45, 7) is 3.64. The maximum Gasteiger partial charge on any atom is 0.254 e. The number of carbonyl (C=O) groups is 1. The predicted octanol–water partition coefficient (Wildman–Crippen LogP) is 2.73. The Balaban J connectivity index is 2.23. The van der Waals surface area contributed by atoms with Gasteiger partial charge in [0.1, 0.15) is 28.2 Å². The molecule has 0 radical (unpaired) electrons. The first-order valence-electron chi connectivity index (χ1n) is 8.02. The molecule has 5 N–H and O–H groups in total. The molecule has 0 saturated carbocycles. The zero-order valence-electron chi connectivity index (χ0n) is 14.5. The van der Waals surface area contributed by atoms with Crippen molar-refractivity contribution in [2.45, 2.75) is 13.8 Å². The van der Waals surface area contributed by atoms with Gasteiger partial charge in [-0.1, -0.05) is 6.07 Å². The molecule has 0 atom stereocenters. The number of aromatic hydroxyl groups is 1. The molecule has 0 aliphatic heterocycles. The number of phenolic OH excluding ortho intramolecular Hbond substituents is 1. The smallest absolute Gasteiger partial charge is 0.254 e. The normalized spacial score (nSPS) is 11.4. The van der Waals surface area contributed by atoms with Gasteiger partial charge in [-0.05, 0) is 47.5 Å². The number of halogens is 1. The zero-order valence-corrected chi connectivity index (χ0v) is 16.1. The lowest BCUT2D eigenvalue weighted by Crippen LogP contribution is -2.14. The Bertz CT molecular complexity index is 1260. The number of hydrogen-bond acceptors (Lipinski definition) is 6. The highest BCUT2D eigenvalue weighted by Gasteiger charge is 2.25. The van der Waals surface area contributed by atoms with Gasteiger partial charge in [-0.15, -0.1) is 0 Å². The highest BCUT2D eigenvalue weighted by atomic mass is 79.9. The quantitative estimate of drug-likeness (QED) is 0.451. The van der Waals surface area contributed by atoms with Crippen LogP contribution in [0.25, 0.3) is 28.0 Å². The molecule has 0 unspecified atom stereocenters. The number of nitrogens with two attached hydrogens (primary N) is 2. The molecule has 0 fully saturated rings. The van der Waals surface area contributed by atoms with Crippen LogP contribution in [0.1, 0.15) is 21.5 Å². The summed E-state index contributed by atoms with van der Waals surface area (Å²) < 4.78 is 2.35. The molecule has 0 bridgehead atoms. The van der Waals surface area contributed by atoms with E-state index in [1.807, 2.05) is 6.92 Å². The Kier molecular flexibility index (Phi) is 3.77. The third-order valence-electron chi connectivity index (χ3n) is 4.49. The van der Waals surface area contributed by atoms with Crippen LogP contribution in [0.15, 0.2) is 28.9 Å². The van der Waals surface area contributed by atoms with E-state index < -0.39 is 5.91 Å². The van der Waals surface area contributed by atoms with Crippen LogP contribution in [-0.4, -0.2) is 30.5 Å². The number of aromatic nitrogens is 4. The molecule has 9 heteroatoms. The minimum atomic E-state index is -0.711. The Morgan fingerprint density at radius 1 is 1.26 bits per heavy atom. The molecule has 0 aliphatic carbocycles. The van der Waals surface area contributed by atoms with Crippen LogP contribution in [0.3, 0.4) is 0 Å². The lowest BCUT2D eigenvalue weighted by molar-refractivity contribution is 0.100. The summed E-state index contributed by atoms with van der Waals surface area (Å²) in [5.74, 6) is -0.489. The molecule has 1 amide bonds. The van der Waals surface area contributed by atoms with Crippen LogP contribution in [0, 0.1) is 13.8 Å². The van der Waals surface area contributed by atoms with Crippen molar-refractivity contribution in [3.63, 3.8) is 0 Å². The SMILES string of the molecule is Cc1ccc(O)c(C)c1-n1c(N)c(C(N)=O)c2nc3ncc(Br)cc3nc21. The zero-order chi connectivity index (χ0) is 19.5. The second kappa shape index (κ2) is 5.92. The summed E-state index contributed by atoms with van der Waals surface area (Å²) >= 11 is 3.37. The number of amides is 1. The monoisotopic (exact) mass is 426 g/mol. The number of anilines is 1.